The second kappa shape index (κ2) is 10.9. The summed E-state index contributed by atoms with van der Waals surface area (Å²) in [5.74, 6) is -1.08. The first kappa shape index (κ1) is 25.3. The van der Waals surface area contributed by atoms with Crippen molar-refractivity contribution in [2.75, 3.05) is 32.4 Å². The van der Waals surface area contributed by atoms with E-state index in [-0.39, 0.29) is 28.5 Å². The minimum absolute atomic E-state index is 0.00175. The SMILES string of the molecule is COc1cc(C(=O)N2C(C(=O)Nc3ccccc3F)CSC2c2cccc(F)c2)cc(OC)c1OC. The lowest BCUT2D eigenvalue weighted by Crippen LogP contribution is -2.45. The maximum absolute atomic E-state index is 14.2. The Labute approximate surface area is 211 Å². The smallest absolute Gasteiger partial charge is 0.256 e. The lowest BCUT2D eigenvalue weighted by atomic mass is 10.1. The van der Waals surface area contributed by atoms with Crippen LogP contribution in [0.4, 0.5) is 14.5 Å². The Hall–Kier alpha value is -3.79. The molecule has 1 heterocycles. The number of carbonyl (C=O) groups is 2. The molecule has 10 heteroatoms. The van der Waals surface area contributed by atoms with Gasteiger partial charge in [0.2, 0.25) is 11.7 Å². The van der Waals surface area contributed by atoms with Crippen LogP contribution in [0.1, 0.15) is 21.3 Å². The zero-order valence-electron chi connectivity index (χ0n) is 19.8. The number of nitrogens with one attached hydrogen (secondary N) is 1. The van der Waals surface area contributed by atoms with Crippen molar-refractivity contribution in [3.8, 4) is 17.2 Å². The molecule has 2 atom stereocenters. The summed E-state index contributed by atoms with van der Waals surface area (Å²) in [5, 5.41) is 1.91. The van der Waals surface area contributed by atoms with Gasteiger partial charge in [-0.3, -0.25) is 9.59 Å². The normalized spacial score (nSPS) is 17.0. The van der Waals surface area contributed by atoms with Gasteiger partial charge in [-0.25, -0.2) is 8.78 Å². The summed E-state index contributed by atoms with van der Waals surface area (Å²) >= 11 is 1.31. The third kappa shape index (κ3) is 4.94. The maximum Gasteiger partial charge on any atom is 0.256 e. The second-order valence-corrected chi connectivity index (χ2v) is 8.97. The number of amides is 2. The average Bonchev–Trinajstić information content (AvgIpc) is 3.34. The van der Waals surface area contributed by atoms with Gasteiger partial charge < -0.3 is 24.4 Å². The highest BCUT2D eigenvalue weighted by Crippen LogP contribution is 2.44. The highest BCUT2D eigenvalue weighted by atomic mass is 32.2. The quantitative estimate of drug-likeness (QED) is 0.484. The molecule has 7 nitrogen and oxygen atoms in total. The van der Waals surface area contributed by atoms with Gasteiger partial charge in [-0.1, -0.05) is 24.3 Å². The molecule has 1 fully saturated rings. The molecule has 0 aliphatic carbocycles. The van der Waals surface area contributed by atoms with Gasteiger partial charge in [-0.2, -0.15) is 0 Å². The van der Waals surface area contributed by atoms with Crippen LogP contribution < -0.4 is 19.5 Å². The Bertz CT molecular complexity index is 1260. The third-order valence-corrected chi connectivity index (χ3v) is 7.04. The Morgan fingerprint density at radius 1 is 0.944 bits per heavy atom. The van der Waals surface area contributed by atoms with Crippen molar-refractivity contribution >= 4 is 29.3 Å². The van der Waals surface area contributed by atoms with E-state index in [0.29, 0.717) is 11.3 Å². The van der Waals surface area contributed by atoms with E-state index in [4.69, 9.17) is 14.2 Å². The molecular formula is C26H24F2N2O5S. The molecule has 1 aliphatic heterocycles. The van der Waals surface area contributed by atoms with E-state index in [2.05, 4.69) is 5.32 Å². The molecule has 2 amide bonds. The van der Waals surface area contributed by atoms with E-state index in [1.54, 1.807) is 18.2 Å². The van der Waals surface area contributed by atoms with E-state index in [1.165, 1.54) is 80.5 Å². The summed E-state index contributed by atoms with van der Waals surface area (Å²) in [6.07, 6.45) is 0. The molecule has 1 N–H and O–H groups in total. The molecule has 1 saturated heterocycles. The maximum atomic E-state index is 14.2. The zero-order valence-corrected chi connectivity index (χ0v) is 20.6. The summed E-state index contributed by atoms with van der Waals surface area (Å²) in [6, 6.07) is 13.6. The van der Waals surface area contributed by atoms with Gasteiger partial charge in [0.15, 0.2) is 11.5 Å². The molecule has 0 bridgehead atoms. The topological polar surface area (TPSA) is 77.1 Å². The Balaban J connectivity index is 1.75. The Kier molecular flexibility index (Phi) is 7.64. The molecule has 2 unspecified atom stereocenters. The second-order valence-electron chi connectivity index (χ2n) is 7.85. The number of hydrogen-bond donors (Lipinski definition) is 1. The fraction of sp³-hybridized carbons (Fsp3) is 0.231. The van der Waals surface area contributed by atoms with E-state index in [1.807, 2.05) is 0 Å². The van der Waals surface area contributed by atoms with Gasteiger partial charge in [-0.05, 0) is 42.0 Å². The molecule has 36 heavy (non-hydrogen) atoms. The van der Waals surface area contributed by atoms with E-state index < -0.39 is 34.9 Å². The van der Waals surface area contributed by atoms with Crippen molar-refractivity contribution in [3.63, 3.8) is 0 Å². The third-order valence-electron chi connectivity index (χ3n) is 5.71. The van der Waals surface area contributed by atoms with Crippen LogP contribution in [0.3, 0.4) is 0 Å². The largest absolute Gasteiger partial charge is 0.493 e. The first-order valence-electron chi connectivity index (χ1n) is 10.9. The van der Waals surface area contributed by atoms with Crippen LogP contribution in [0.25, 0.3) is 0 Å². The van der Waals surface area contributed by atoms with Crippen molar-refractivity contribution in [3.05, 3.63) is 83.4 Å². The van der Waals surface area contributed by atoms with Crippen molar-refractivity contribution in [2.45, 2.75) is 11.4 Å². The molecule has 188 valence electrons. The van der Waals surface area contributed by atoms with Crippen LogP contribution in [0.15, 0.2) is 60.7 Å². The molecule has 4 rings (SSSR count). The molecule has 0 aromatic heterocycles. The average molecular weight is 515 g/mol. The van der Waals surface area contributed by atoms with E-state index in [0.717, 1.165) is 0 Å². The zero-order chi connectivity index (χ0) is 25.8. The van der Waals surface area contributed by atoms with Crippen LogP contribution in [0.2, 0.25) is 0 Å². The standard InChI is InChI=1S/C26H24F2N2O5S/c1-33-21-12-16(13-22(34-2)23(21)35-3)25(32)30-20(24(31)29-19-10-5-4-9-18(19)28)14-36-26(30)15-7-6-8-17(27)11-15/h4-13,20,26H,14H2,1-3H3,(H,29,31). The first-order chi connectivity index (χ1) is 17.4. The van der Waals surface area contributed by atoms with Gasteiger partial charge >= 0.3 is 0 Å². The molecular weight excluding hydrogens is 490 g/mol. The van der Waals surface area contributed by atoms with Crippen molar-refractivity contribution in [1.82, 2.24) is 4.90 Å². The minimum Gasteiger partial charge on any atom is -0.493 e. The molecule has 1 aliphatic rings. The fourth-order valence-electron chi connectivity index (χ4n) is 4.01. The summed E-state index contributed by atoms with van der Waals surface area (Å²) in [4.78, 5) is 28.5. The number of halogens is 2. The van der Waals surface area contributed by atoms with Crippen molar-refractivity contribution < 1.29 is 32.6 Å². The number of nitrogens with zero attached hydrogens (tertiary/aromatic N) is 1. The molecule has 3 aromatic rings. The number of ether oxygens (including phenoxy) is 3. The number of carbonyl (C=O) groups excluding carboxylic acids is 2. The summed E-state index contributed by atoms with van der Waals surface area (Å²) in [5.41, 5.74) is 0.695. The van der Waals surface area contributed by atoms with Crippen molar-refractivity contribution in [1.29, 1.82) is 0 Å². The summed E-state index contributed by atoms with van der Waals surface area (Å²) < 4.78 is 44.3. The van der Waals surface area contributed by atoms with Crippen molar-refractivity contribution in [2.24, 2.45) is 0 Å². The van der Waals surface area contributed by atoms with Gasteiger partial charge in [0.1, 0.15) is 23.1 Å². The van der Waals surface area contributed by atoms with Crippen LogP contribution in [0, 0.1) is 11.6 Å². The molecule has 0 radical (unpaired) electrons. The first-order valence-corrected chi connectivity index (χ1v) is 12.0. The van der Waals surface area contributed by atoms with Gasteiger partial charge in [0, 0.05) is 11.3 Å². The number of rotatable bonds is 7. The summed E-state index contributed by atoms with van der Waals surface area (Å²) in [6.45, 7) is 0. The number of para-hydroxylation sites is 1. The Morgan fingerprint density at radius 2 is 1.64 bits per heavy atom. The predicted octanol–water partition coefficient (Wildman–Crippen LogP) is 4.89. The van der Waals surface area contributed by atoms with Crippen LogP contribution in [-0.4, -0.2) is 49.8 Å². The van der Waals surface area contributed by atoms with Crippen LogP contribution in [-0.2, 0) is 4.79 Å². The predicted molar refractivity (Wildman–Crippen MR) is 133 cm³/mol. The Morgan fingerprint density at radius 3 is 2.25 bits per heavy atom. The van der Waals surface area contributed by atoms with Gasteiger partial charge in [0.05, 0.1) is 27.0 Å². The van der Waals surface area contributed by atoms with E-state index in [9.17, 15) is 18.4 Å². The van der Waals surface area contributed by atoms with Gasteiger partial charge in [-0.15, -0.1) is 11.8 Å². The highest BCUT2D eigenvalue weighted by molar-refractivity contribution is 7.99. The van der Waals surface area contributed by atoms with E-state index >= 15 is 0 Å². The van der Waals surface area contributed by atoms with Crippen LogP contribution in [0.5, 0.6) is 17.2 Å². The number of anilines is 1. The molecule has 3 aromatic carbocycles. The number of methoxy groups -OCH3 is 3. The lowest BCUT2D eigenvalue weighted by Gasteiger charge is -2.29. The monoisotopic (exact) mass is 514 g/mol. The number of thioether (sulfide) groups is 1. The van der Waals surface area contributed by atoms with Gasteiger partial charge in [0.25, 0.3) is 5.91 Å². The number of benzene rings is 3. The molecule has 0 saturated carbocycles. The fourth-order valence-corrected chi connectivity index (χ4v) is 5.42. The minimum atomic E-state index is -0.963. The lowest BCUT2D eigenvalue weighted by molar-refractivity contribution is -0.119. The number of hydrogen-bond acceptors (Lipinski definition) is 6. The highest BCUT2D eigenvalue weighted by Gasteiger charge is 2.43. The van der Waals surface area contributed by atoms with Crippen LogP contribution >= 0.6 is 11.8 Å². The molecule has 0 spiro atoms. The summed E-state index contributed by atoms with van der Waals surface area (Å²) in [7, 11) is 4.30.